The normalized spacial score (nSPS) is 15.8. The molecule has 0 aromatic rings. The summed E-state index contributed by atoms with van der Waals surface area (Å²) in [5.41, 5.74) is 0. The van der Waals surface area contributed by atoms with E-state index in [1.165, 1.54) is 26.2 Å². The molecule has 0 spiro atoms. The second kappa shape index (κ2) is 28.1. The first-order chi connectivity index (χ1) is 25.7. The van der Waals surface area contributed by atoms with Crippen molar-refractivity contribution in [3.05, 3.63) is 0 Å². The first-order valence-corrected chi connectivity index (χ1v) is 20.7. The Balaban J connectivity index is 1.62. The van der Waals surface area contributed by atoms with Gasteiger partial charge in [0.2, 0.25) is 0 Å². The first kappa shape index (κ1) is 45.7. The maximum absolute atomic E-state index is 13.1. The van der Waals surface area contributed by atoms with Gasteiger partial charge in [0.1, 0.15) is 25.4 Å². The van der Waals surface area contributed by atoms with Gasteiger partial charge in [-0.15, -0.1) is 0 Å². The van der Waals surface area contributed by atoms with Gasteiger partial charge >= 0.3 is 39.1 Å². The lowest BCUT2D eigenvalue weighted by Gasteiger charge is -2.24. The maximum Gasteiger partial charge on any atom is 0.520 e. The maximum atomic E-state index is 13.1. The number of rotatable bonds is 30. The van der Waals surface area contributed by atoms with Crippen LogP contribution >= 0.6 is 0 Å². The highest BCUT2D eigenvalue weighted by molar-refractivity contribution is 6.61. The molecule has 0 aromatic heterocycles. The predicted molar refractivity (Wildman–Crippen MR) is 195 cm³/mol. The Labute approximate surface area is 314 Å². The van der Waals surface area contributed by atoms with Crippen LogP contribution in [0, 0.1) is 0 Å². The van der Waals surface area contributed by atoms with Crippen molar-refractivity contribution in [1.82, 2.24) is 36.8 Å². The van der Waals surface area contributed by atoms with Crippen molar-refractivity contribution in [2.75, 3.05) is 93.2 Å². The summed E-state index contributed by atoms with van der Waals surface area (Å²) in [5.74, 6) is 0. The Hall–Kier alpha value is -3.43. The molecule has 0 aliphatic carbocycles. The number of amides is 8. The Kier molecular flexibility index (Phi) is 24.2. The number of alkyl carbamates (subject to hydrolysis) is 2. The fourth-order valence-corrected chi connectivity index (χ4v) is 6.21. The van der Waals surface area contributed by atoms with Gasteiger partial charge < -0.3 is 64.1 Å². The molecule has 2 saturated heterocycles. The number of urea groups is 3. The summed E-state index contributed by atoms with van der Waals surface area (Å²) < 4.78 is 36.0. The quantitative estimate of drug-likeness (QED) is 0.0351. The number of hydrogen-bond donors (Lipinski definition) is 6. The molecule has 2 aliphatic heterocycles. The van der Waals surface area contributed by atoms with Gasteiger partial charge in [0.25, 0.3) is 0 Å². The zero-order valence-electron chi connectivity index (χ0n) is 31.8. The van der Waals surface area contributed by atoms with Crippen molar-refractivity contribution in [3.63, 3.8) is 0 Å². The van der Waals surface area contributed by atoms with Gasteiger partial charge in [-0.3, -0.25) is 0 Å². The SMILES string of the molecule is CO[Si](CNC(=O)NCCCCCCN(C(=O)NCCCCCCNC(=O)OCC1CO1)C(=O)NCCCCCCNC(=O)OCC1CO1)(OC)OC. The van der Waals surface area contributed by atoms with Crippen LogP contribution in [0.15, 0.2) is 0 Å². The summed E-state index contributed by atoms with van der Waals surface area (Å²) in [6.07, 6.45) is 8.71. The van der Waals surface area contributed by atoms with E-state index in [1.54, 1.807) is 0 Å². The molecule has 53 heavy (non-hydrogen) atoms. The van der Waals surface area contributed by atoms with Gasteiger partial charge in [0.15, 0.2) is 0 Å². The monoisotopic (exact) mass is 777 g/mol. The summed E-state index contributed by atoms with van der Waals surface area (Å²) in [4.78, 5) is 62.7. The van der Waals surface area contributed by atoms with Gasteiger partial charge in [-0.2, -0.15) is 0 Å². The predicted octanol–water partition coefficient (Wildman–Crippen LogP) is 2.36. The average Bonchev–Trinajstić information content (AvgIpc) is 4.10. The molecule has 2 atom stereocenters. The number of unbranched alkanes of at least 4 members (excludes halogenated alkanes) is 9. The molecule has 2 aliphatic rings. The van der Waals surface area contributed by atoms with Gasteiger partial charge in [-0.25, -0.2) is 28.9 Å². The van der Waals surface area contributed by atoms with Crippen molar-refractivity contribution in [2.24, 2.45) is 0 Å². The second-order valence-corrected chi connectivity index (χ2v) is 15.7. The number of carbonyl (C=O) groups is 5. The lowest BCUT2D eigenvalue weighted by molar-refractivity contribution is 0.122. The second-order valence-electron chi connectivity index (χ2n) is 12.7. The summed E-state index contributed by atoms with van der Waals surface area (Å²) in [6, 6.07) is -1.24. The van der Waals surface area contributed by atoms with Crippen molar-refractivity contribution in [1.29, 1.82) is 0 Å². The van der Waals surface area contributed by atoms with Crippen LogP contribution in [0.2, 0.25) is 0 Å². The first-order valence-electron chi connectivity index (χ1n) is 18.8. The number of hydrogen-bond acceptors (Lipinski definition) is 12. The molecule has 6 N–H and O–H groups in total. The van der Waals surface area contributed by atoms with Crippen LogP contribution < -0.4 is 31.9 Å². The average molecular weight is 778 g/mol. The van der Waals surface area contributed by atoms with Crippen LogP contribution in [0.3, 0.4) is 0 Å². The number of nitrogens with zero attached hydrogens (tertiary/aromatic N) is 1. The van der Waals surface area contributed by atoms with E-state index in [2.05, 4.69) is 31.9 Å². The minimum Gasteiger partial charge on any atom is -0.447 e. The zero-order valence-corrected chi connectivity index (χ0v) is 32.8. The standard InChI is InChI=1S/C33H63N7O12Si/c1-46-53(47-2,48-3)26-39-29(41)34-16-10-8-9-15-21-40(30(42)35-17-11-4-6-13-19-37-32(44)51-24-27-22-49-27)31(43)36-18-12-5-7-14-20-38-33(45)52-25-28-23-50-28/h27-28H,4-26H2,1-3H3,(H,35,42)(H,36,43)(H,37,44)(H,38,45)(H2,34,39,41). The van der Waals surface area contributed by atoms with Crippen molar-refractivity contribution < 1.29 is 56.2 Å². The molecule has 2 fully saturated rings. The number of carbonyl (C=O) groups excluding carboxylic acids is 5. The summed E-state index contributed by atoms with van der Waals surface area (Å²) >= 11 is 0. The van der Waals surface area contributed by atoms with E-state index >= 15 is 0 Å². The molecule has 8 amide bonds. The fraction of sp³-hybridized carbons (Fsp3) is 0.848. The summed E-state index contributed by atoms with van der Waals surface area (Å²) in [5, 5.41) is 16.6. The number of imide groups is 1. The molecule has 20 heteroatoms. The third-order valence-corrected chi connectivity index (χ3v) is 10.9. The van der Waals surface area contributed by atoms with E-state index in [0.29, 0.717) is 52.4 Å². The molecule has 19 nitrogen and oxygen atoms in total. The molecule has 2 heterocycles. The molecule has 0 saturated carbocycles. The van der Waals surface area contributed by atoms with Crippen molar-refractivity contribution in [3.8, 4) is 0 Å². The molecule has 306 valence electrons. The summed E-state index contributed by atoms with van der Waals surface area (Å²) in [6.45, 7) is 4.40. The van der Waals surface area contributed by atoms with Crippen LogP contribution in [-0.2, 0) is 32.2 Å². The lowest BCUT2D eigenvalue weighted by atomic mass is 10.2. The molecule has 2 unspecified atom stereocenters. The van der Waals surface area contributed by atoms with E-state index in [-0.39, 0.29) is 44.2 Å². The molecule has 0 aromatic carbocycles. The smallest absolute Gasteiger partial charge is 0.447 e. The number of ether oxygens (including phenoxy) is 4. The van der Waals surface area contributed by atoms with Crippen LogP contribution in [-0.4, -0.2) is 149 Å². The molecular formula is C33H63N7O12Si. The Morgan fingerprint density at radius 3 is 1.32 bits per heavy atom. The van der Waals surface area contributed by atoms with Gasteiger partial charge in [0.05, 0.1) is 19.4 Å². The van der Waals surface area contributed by atoms with Crippen molar-refractivity contribution in [2.45, 2.75) is 89.3 Å². The molecule has 2 rings (SSSR count). The lowest BCUT2D eigenvalue weighted by Crippen LogP contribution is -2.54. The van der Waals surface area contributed by atoms with E-state index in [9.17, 15) is 24.0 Å². The minimum atomic E-state index is -2.91. The van der Waals surface area contributed by atoms with E-state index < -0.39 is 33.1 Å². The Bertz CT molecular complexity index is 1000. The Morgan fingerprint density at radius 2 is 0.925 bits per heavy atom. The van der Waals surface area contributed by atoms with Crippen LogP contribution in [0.1, 0.15) is 77.0 Å². The van der Waals surface area contributed by atoms with Crippen LogP contribution in [0.5, 0.6) is 0 Å². The van der Waals surface area contributed by atoms with E-state index in [0.717, 1.165) is 70.6 Å². The molecule has 0 bridgehead atoms. The highest BCUT2D eigenvalue weighted by atomic mass is 28.4. The van der Waals surface area contributed by atoms with Crippen molar-refractivity contribution >= 4 is 39.1 Å². The van der Waals surface area contributed by atoms with E-state index in [4.69, 9.17) is 32.2 Å². The van der Waals surface area contributed by atoms with E-state index in [1.807, 2.05) is 0 Å². The topological polar surface area (TPSA) is 232 Å². The van der Waals surface area contributed by atoms with Crippen LogP contribution in [0.4, 0.5) is 24.0 Å². The highest BCUT2D eigenvalue weighted by Gasteiger charge is 2.38. The highest BCUT2D eigenvalue weighted by Crippen LogP contribution is 2.10. The summed E-state index contributed by atoms with van der Waals surface area (Å²) in [7, 11) is 1.52. The third kappa shape index (κ3) is 23.1. The fourth-order valence-electron chi connectivity index (χ4n) is 4.90. The van der Waals surface area contributed by atoms with Gasteiger partial charge in [0, 0.05) is 60.6 Å². The number of epoxide rings is 2. The van der Waals surface area contributed by atoms with Crippen LogP contribution in [0.25, 0.3) is 0 Å². The Morgan fingerprint density at radius 1 is 0.547 bits per heavy atom. The molecular weight excluding hydrogens is 714 g/mol. The van der Waals surface area contributed by atoms with Gasteiger partial charge in [-0.1, -0.05) is 38.5 Å². The van der Waals surface area contributed by atoms with Gasteiger partial charge in [-0.05, 0) is 38.5 Å². The largest absolute Gasteiger partial charge is 0.520 e. The minimum absolute atomic E-state index is 0.0347. The zero-order chi connectivity index (χ0) is 38.6. The molecule has 0 radical (unpaired) electrons. The third-order valence-electron chi connectivity index (χ3n) is 8.39. The number of nitrogens with one attached hydrogen (secondary N) is 6.